The number of nitrogen functional groups attached to an aromatic ring is 1. The Hall–Kier alpha value is -3.01. The normalized spacial score (nSPS) is 12.3. The van der Waals surface area contributed by atoms with Gasteiger partial charge in [0.2, 0.25) is 5.91 Å². The van der Waals surface area contributed by atoms with E-state index in [2.05, 4.69) is 9.69 Å². The molecule has 10 heteroatoms. The van der Waals surface area contributed by atoms with E-state index < -0.39 is 29.2 Å². The molecule has 1 aromatic carbocycles. The number of amides is 3. The molecular weight excluding hydrogens is 397 g/mol. The fraction of sp³-hybridized carbons (Fsp3) is 0.368. The minimum absolute atomic E-state index is 0.0230. The van der Waals surface area contributed by atoms with Gasteiger partial charge in [-0.15, -0.1) is 0 Å². The third-order valence-corrected chi connectivity index (χ3v) is 4.83. The lowest BCUT2D eigenvalue weighted by Gasteiger charge is -2.32. The number of anilines is 2. The molecule has 2 rings (SSSR count). The van der Waals surface area contributed by atoms with Crippen molar-refractivity contribution >= 4 is 40.6 Å². The molecule has 0 aliphatic heterocycles. The molecule has 1 heterocycles. The summed E-state index contributed by atoms with van der Waals surface area (Å²) in [5.41, 5.74) is 10.6. The van der Waals surface area contributed by atoms with Gasteiger partial charge in [0.1, 0.15) is 16.7 Å². The van der Waals surface area contributed by atoms with Crippen LogP contribution in [0, 0.1) is 5.82 Å². The minimum atomic E-state index is -0.897. The second-order valence-corrected chi connectivity index (χ2v) is 8.23. The van der Waals surface area contributed by atoms with Crippen LogP contribution < -0.4 is 21.7 Å². The van der Waals surface area contributed by atoms with Crippen LogP contribution in [0.5, 0.6) is 0 Å². The second-order valence-electron chi connectivity index (χ2n) is 7.45. The Morgan fingerprint density at radius 1 is 1.24 bits per heavy atom. The monoisotopic (exact) mass is 421 g/mol. The number of nitrogens with one attached hydrogen (secondary N) is 1. The van der Waals surface area contributed by atoms with Gasteiger partial charge in [-0.3, -0.25) is 19.3 Å². The second kappa shape index (κ2) is 8.56. The van der Waals surface area contributed by atoms with Crippen molar-refractivity contribution in [3.8, 4) is 0 Å². The Bertz CT molecular complexity index is 921. The molecule has 0 aliphatic carbocycles. The predicted octanol–water partition coefficient (Wildman–Crippen LogP) is 2.30. The molecule has 3 amide bonds. The minimum Gasteiger partial charge on any atom is -0.395 e. The highest BCUT2D eigenvalue weighted by molar-refractivity contribution is 7.09. The molecule has 8 nitrogen and oxygen atoms in total. The zero-order chi connectivity index (χ0) is 21.9. The van der Waals surface area contributed by atoms with Crippen molar-refractivity contribution in [2.45, 2.75) is 45.7 Å². The summed E-state index contributed by atoms with van der Waals surface area (Å²) in [6.45, 7) is 7.22. The average molecular weight is 421 g/mol. The van der Waals surface area contributed by atoms with Crippen molar-refractivity contribution in [3.63, 3.8) is 0 Å². The molecule has 29 heavy (non-hydrogen) atoms. The fourth-order valence-electron chi connectivity index (χ4n) is 2.72. The third-order valence-electron chi connectivity index (χ3n) is 3.98. The van der Waals surface area contributed by atoms with Gasteiger partial charge in [0.05, 0.1) is 5.69 Å². The maximum Gasteiger partial charge on any atom is 0.272 e. The molecule has 0 fully saturated rings. The molecular formula is C19H24FN5O3S. The molecule has 1 atom stereocenters. The van der Waals surface area contributed by atoms with E-state index in [1.807, 2.05) is 20.8 Å². The van der Waals surface area contributed by atoms with Crippen LogP contribution in [0.1, 0.15) is 54.3 Å². The molecule has 0 bridgehead atoms. The summed E-state index contributed by atoms with van der Waals surface area (Å²) in [4.78, 5) is 38.9. The number of primary amides is 1. The number of hydrogen-bond donors (Lipinski definition) is 3. The lowest BCUT2D eigenvalue weighted by Crippen LogP contribution is -2.54. The first-order chi connectivity index (χ1) is 13.5. The number of carbonyl (C=O) groups excluding carboxylic acids is 3. The van der Waals surface area contributed by atoms with E-state index in [1.54, 1.807) is 6.92 Å². The van der Waals surface area contributed by atoms with Crippen LogP contribution in [0.2, 0.25) is 0 Å². The molecule has 0 spiro atoms. The SMILES string of the molecule is CC[C@H](C(=O)NC(C)(C)C)N(C(=O)c1snc(C(N)=O)c1N)c1ccc(F)cc1. The van der Waals surface area contributed by atoms with E-state index >= 15 is 0 Å². The molecule has 5 N–H and O–H groups in total. The summed E-state index contributed by atoms with van der Waals surface area (Å²) in [7, 11) is 0. The molecule has 0 unspecified atom stereocenters. The van der Waals surface area contributed by atoms with Crippen molar-refractivity contribution in [3.05, 3.63) is 40.7 Å². The summed E-state index contributed by atoms with van der Waals surface area (Å²) in [6.07, 6.45) is 0.284. The molecule has 0 radical (unpaired) electrons. The van der Waals surface area contributed by atoms with Crippen molar-refractivity contribution in [1.29, 1.82) is 0 Å². The Kier molecular flexibility index (Phi) is 6.58. The summed E-state index contributed by atoms with van der Waals surface area (Å²) in [5.74, 6) is -2.35. The van der Waals surface area contributed by atoms with Gasteiger partial charge in [0, 0.05) is 11.2 Å². The summed E-state index contributed by atoms with van der Waals surface area (Å²) in [6, 6.07) is 4.27. The van der Waals surface area contributed by atoms with Crippen molar-refractivity contribution in [2.24, 2.45) is 5.73 Å². The number of nitrogens with zero attached hydrogens (tertiary/aromatic N) is 2. The number of hydrogen-bond acceptors (Lipinski definition) is 6. The number of carbonyl (C=O) groups is 3. The molecule has 2 aromatic rings. The van der Waals surface area contributed by atoms with E-state index in [4.69, 9.17) is 11.5 Å². The van der Waals surface area contributed by atoms with Gasteiger partial charge < -0.3 is 16.8 Å². The van der Waals surface area contributed by atoms with E-state index in [-0.39, 0.29) is 28.6 Å². The van der Waals surface area contributed by atoms with E-state index in [0.717, 1.165) is 11.5 Å². The topological polar surface area (TPSA) is 131 Å². The molecule has 0 saturated heterocycles. The Morgan fingerprint density at radius 2 is 1.83 bits per heavy atom. The highest BCUT2D eigenvalue weighted by Crippen LogP contribution is 2.28. The van der Waals surface area contributed by atoms with Gasteiger partial charge in [-0.05, 0) is 63.0 Å². The summed E-state index contributed by atoms with van der Waals surface area (Å²) >= 11 is 0.719. The summed E-state index contributed by atoms with van der Waals surface area (Å²) < 4.78 is 17.3. The maximum absolute atomic E-state index is 13.4. The van der Waals surface area contributed by atoms with Gasteiger partial charge in [0.15, 0.2) is 5.69 Å². The molecule has 156 valence electrons. The fourth-order valence-corrected chi connectivity index (χ4v) is 3.46. The lowest BCUT2D eigenvalue weighted by atomic mass is 10.1. The zero-order valence-corrected chi connectivity index (χ0v) is 17.5. The van der Waals surface area contributed by atoms with Crippen molar-refractivity contribution < 1.29 is 18.8 Å². The van der Waals surface area contributed by atoms with E-state index in [0.29, 0.717) is 5.69 Å². The van der Waals surface area contributed by atoms with Gasteiger partial charge in [-0.2, -0.15) is 4.37 Å². The van der Waals surface area contributed by atoms with Crippen molar-refractivity contribution in [2.75, 3.05) is 10.6 Å². The van der Waals surface area contributed by atoms with Crippen LogP contribution in [0.4, 0.5) is 15.8 Å². The highest BCUT2D eigenvalue weighted by atomic mass is 32.1. The average Bonchev–Trinajstić information content (AvgIpc) is 3.00. The van der Waals surface area contributed by atoms with Gasteiger partial charge in [-0.1, -0.05) is 6.92 Å². The van der Waals surface area contributed by atoms with E-state index in [9.17, 15) is 18.8 Å². The van der Waals surface area contributed by atoms with Crippen LogP contribution in [-0.2, 0) is 4.79 Å². The maximum atomic E-state index is 13.4. The number of nitrogens with two attached hydrogens (primary N) is 2. The Balaban J connectivity index is 2.55. The van der Waals surface area contributed by atoms with Crippen molar-refractivity contribution in [1.82, 2.24) is 9.69 Å². The Morgan fingerprint density at radius 3 is 2.28 bits per heavy atom. The first-order valence-corrected chi connectivity index (χ1v) is 9.69. The van der Waals surface area contributed by atoms with Gasteiger partial charge >= 0.3 is 0 Å². The van der Waals surface area contributed by atoms with Gasteiger partial charge in [-0.25, -0.2) is 4.39 Å². The summed E-state index contributed by atoms with van der Waals surface area (Å²) in [5, 5.41) is 2.85. The number of halogens is 1. The highest BCUT2D eigenvalue weighted by Gasteiger charge is 2.34. The molecule has 0 aliphatic rings. The smallest absolute Gasteiger partial charge is 0.272 e. The predicted molar refractivity (Wildman–Crippen MR) is 110 cm³/mol. The van der Waals surface area contributed by atoms with Crippen LogP contribution in [0.15, 0.2) is 24.3 Å². The number of rotatable bonds is 6. The Labute approximate surface area is 172 Å². The van der Waals surface area contributed by atoms with Crippen LogP contribution >= 0.6 is 11.5 Å². The lowest BCUT2D eigenvalue weighted by molar-refractivity contribution is -0.123. The van der Waals surface area contributed by atoms with Crippen LogP contribution in [0.25, 0.3) is 0 Å². The first kappa shape index (κ1) is 22.3. The van der Waals surface area contributed by atoms with E-state index in [1.165, 1.54) is 29.2 Å². The number of aromatic nitrogens is 1. The first-order valence-electron chi connectivity index (χ1n) is 8.92. The zero-order valence-electron chi connectivity index (χ0n) is 16.7. The largest absolute Gasteiger partial charge is 0.395 e. The molecule has 0 saturated carbocycles. The standard InChI is InChI=1S/C19H24FN5O3S/c1-5-12(17(27)23-19(2,3)4)25(11-8-6-10(20)7-9-11)18(28)15-13(21)14(16(22)26)24-29-15/h6-9,12H,5,21H2,1-4H3,(H2,22,26)(H,23,27)/t12-/m1/s1. The number of benzene rings is 1. The third kappa shape index (κ3) is 5.08. The molecule has 1 aromatic heterocycles. The van der Waals surface area contributed by atoms with Crippen LogP contribution in [-0.4, -0.2) is 33.7 Å². The van der Waals surface area contributed by atoms with Gasteiger partial charge in [0.25, 0.3) is 11.8 Å². The quantitative estimate of drug-likeness (QED) is 0.659. The van der Waals surface area contributed by atoms with Crippen LogP contribution in [0.3, 0.4) is 0 Å².